The Labute approximate surface area is 168 Å². The van der Waals surface area contributed by atoms with E-state index in [4.69, 9.17) is 0 Å². The predicted molar refractivity (Wildman–Crippen MR) is 110 cm³/mol. The zero-order valence-electron chi connectivity index (χ0n) is 17.1. The Hall–Kier alpha value is -1.88. The molecule has 3 saturated heterocycles. The molecule has 0 aromatic heterocycles. The van der Waals surface area contributed by atoms with E-state index >= 15 is 0 Å². The maximum Gasteiger partial charge on any atom is 0.253 e. The van der Waals surface area contributed by atoms with E-state index in [0.29, 0.717) is 12.3 Å². The number of carbonyl (C=O) groups is 2. The molecule has 152 valence electrons. The average Bonchev–Trinajstić information content (AvgIpc) is 3.04. The van der Waals surface area contributed by atoms with Crippen LogP contribution in [0.15, 0.2) is 24.3 Å². The van der Waals surface area contributed by atoms with Crippen LogP contribution in [0.1, 0.15) is 54.9 Å². The molecule has 1 aromatic rings. The van der Waals surface area contributed by atoms with Gasteiger partial charge in [0.15, 0.2) is 0 Å². The van der Waals surface area contributed by atoms with Gasteiger partial charge in [0, 0.05) is 43.6 Å². The molecular weight excluding hydrogens is 350 g/mol. The molecule has 1 atom stereocenters. The Morgan fingerprint density at radius 3 is 2.57 bits per heavy atom. The molecule has 5 heteroatoms. The van der Waals surface area contributed by atoms with E-state index in [9.17, 15) is 9.59 Å². The Balaban J connectivity index is 1.32. The highest BCUT2D eigenvalue weighted by Crippen LogP contribution is 2.41. The van der Waals surface area contributed by atoms with E-state index in [2.05, 4.69) is 17.4 Å². The van der Waals surface area contributed by atoms with E-state index in [1.807, 2.05) is 28.9 Å². The molecule has 3 aliphatic heterocycles. The van der Waals surface area contributed by atoms with Crippen LogP contribution < -0.4 is 5.32 Å². The lowest BCUT2D eigenvalue weighted by molar-refractivity contribution is -0.127. The molecule has 1 aromatic carbocycles. The molecule has 4 rings (SSSR count). The van der Waals surface area contributed by atoms with Crippen LogP contribution in [0.2, 0.25) is 0 Å². The number of rotatable bonds is 4. The summed E-state index contributed by atoms with van der Waals surface area (Å²) in [6, 6.07) is 8.25. The van der Waals surface area contributed by atoms with Gasteiger partial charge in [0.1, 0.15) is 0 Å². The number of nitrogens with one attached hydrogen (secondary N) is 1. The molecule has 3 heterocycles. The van der Waals surface area contributed by atoms with Gasteiger partial charge >= 0.3 is 0 Å². The first-order valence-electron chi connectivity index (χ1n) is 11.0. The maximum absolute atomic E-state index is 12.9. The number of hydrogen-bond donors (Lipinski definition) is 1. The fourth-order valence-corrected chi connectivity index (χ4v) is 5.19. The lowest BCUT2D eigenvalue weighted by Crippen LogP contribution is -2.44. The number of amides is 2. The lowest BCUT2D eigenvalue weighted by Gasteiger charge is -2.38. The second-order valence-electron chi connectivity index (χ2n) is 8.99. The van der Waals surface area contributed by atoms with Crippen LogP contribution in [-0.4, -0.2) is 60.9 Å². The number of nitrogens with zero attached hydrogens (tertiary/aromatic N) is 2. The molecule has 0 saturated carbocycles. The highest BCUT2D eigenvalue weighted by Gasteiger charge is 2.44. The van der Waals surface area contributed by atoms with Gasteiger partial charge in [0.05, 0.1) is 0 Å². The van der Waals surface area contributed by atoms with Crippen molar-refractivity contribution < 1.29 is 9.59 Å². The van der Waals surface area contributed by atoms with Gasteiger partial charge in [-0.1, -0.05) is 12.1 Å². The summed E-state index contributed by atoms with van der Waals surface area (Å²) < 4.78 is 0. The normalized spacial score (nSPS) is 24.8. The molecule has 3 aliphatic rings. The maximum atomic E-state index is 12.9. The second kappa shape index (κ2) is 8.24. The molecule has 3 fully saturated rings. The van der Waals surface area contributed by atoms with E-state index in [-0.39, 0.29) is 17.2 Å². The van der Waals surface area contributed by atoms with E-state index in [0.717, 1.165) is 64.1 Å². The summed E-state index contributed by atoms with van der Waals surface area (Å²) in [5, 5.41) is 3.47. The van der Waals surface area contributed by atoms with E-state index < -0.39 is 0 Å². The minimum Gasteiger partial charge on any atom is -0.342 e. The third-order valence-electron chi connectivity index (χ3n) is 7.02. The first-order chi connectivity index (χ1) is 13.6. The number of piperidine rings is 2. The standard InChI is InChI=1S/C23H33N3O2/c1-2-25-17-23(15-21(25)27)9-12-26(13-10-23)22(28)20-7-5-18(6-8-20)14-19-4-3-11-24-16-19/h5-8,19,24H,2-4,9-17H2,1H3. The zero-order chi connectivity index (χ0) is 19.6. The van der Waals surface area contributed by atoms with Crippen molar-refractivity contribution in [3.8, 4) is 0 Å². The summed E-state index contributed by atoms with van der Waals surface area (Å²) >= 11 is 0. The molecule has 1 spiro atoms. The van der Waals surface area contributed by atoms with Crippen molar-refractivity contribution in [1.82, 2.24) is 15.1 Å². The van der Waals surface area contributed by atoms with Gasteiger partial charge < -0.3 is 15.1 Å². The van der Waals surface area contributed by atoms with Crippen LogP contribution >= 0.6 is 0 Å². The summed E-state index contributed by atoms with van der Waals surface area (Å²) in [6.07, 6.45) is 6.19. The van der Waals surface area contributed by atoms with Gasteiger partial charge in [-0.3, -0.25) is 9.59 Å². The van der Waals surface area contributed by atoms with Crippen LogP contribution in [-0.2, 0) is 11.2 Å². The van der Waals surface area contributed by atoms with Crippen LogP contribution in [0.4, 0.5) is 0 Å². The molecule has 0 radical (unpaired) electrons. The fourth-order valence-electron chi connectivity index (χ4n) is 5.19. The van der Waals surface area contributed by atoms with Crippen molar-refractivity contribution in [2.75, 3.05) is 39.3 Å². The van der Waals surface area contributed by atoms with Gasteiger partial charge in [-0.2, -0.15) is 0 Å². The topological polar surface area (TPSA) is 52.6 Å². The van der Waals surface area contributed by atoms with Gasteiger partial charge in [0.2, 0.25) is 5.91 Å². The summed E-state index contributed by atoms with van der Waals surface area (Å²) in [6.45, 7) is 7.49. The first kappa shape index (κ1) is 19.4. The highest BCUT2D eigenvalue weighted by atomic mass is 16.2. The second-order valence-corrected chi connectivity index (χ2v) is 8.99. The number of likely N-dealkylation sites (tertiary alicyclic amines) is 2. The minimum atomic E-state index is 0.0990. The number of hydrogen-bond acceptors (Lipinski definition) is 3. The average molecular weight is 384 g/mol. The lowest BCUT2D eigenvalue weighted by atomic mass is 9.77. The third kappa shape index (κ3) is 4.09. The largest absolute Gasteiger partial charge is 0.342 e. The van der Waals surface area contributed by atoms with Gasteiger partial charge in [0.25, 0.3) is 5.91 Å². The summed E-state index contributed by atoms with van der Waals surface area (Å²) in [7, 11) is 0. The van der Waals surface area contributed by atoms with Crippen molar-refractivity contribution in [3.63, 3.8) is 0 Å². The van der Waals surface area contributed by atoms with Gasteiger partial charge in [-0.05, 0) is 75.7 Å². The smallest absolute Gasteiger partial charge is 0.253 e. The highest BCUT2D eigenvalue weighted by molar-refractivity contribution is 5.94. The van der Waals surface area contributed by atoms with Crippen LogP contribution in [0, 0.1) is 11.3 Å². The van der Waals surface area contributed by atoms with Crippen LogP contribution in [0.3, 0.4) is 0 Å². The van der Waals surface area contributed by atoms with E-state index in [1.54, 1.807) is 0 Å². The molecule has 1 unspecified atom stereocenters. The summed E-state index contributed by atoms with van der Waals surface area (Å²) in [5.41, 5.74) is 2.22. The van der Waals surface area contributed by atoms with Crippen molar-refractivity contribution in [1.29, 1.82) is 0 Å². The Kier molecular flexibility index (Phi) is 5.72. The van der Waals surface area contributed by atoms with E-state index in [1.165, 1.54) is 18.4 Å². The Bertz CT molecular complexity index is 701. The molecule has 0 bridgehead atoms. The molecule has 5 nitrogen and oxygen atoms in total. The Morgan fingerprint density at radius 2 is 1.96 bits per heavy atom. The molecular formula is C23H33N3O2. The summed E-state index contributed by atoms with van der Waals surface area (Å²) in [4.78, 5) is 29.0. The summed E-state index contributed by atoms with van der Waals surface area (Å²) in [5.74, 6) is 1.13. The fraction of sp³-hybridized carbons (Fsp3) is 0.652. The van der Waals surface area contributed by atoms with Crippen LogP contribution in [0.5, 0.6) is 0 Å². The molecule has 2 amide bonds. The third-order valence-corrected chi connectivity index (χ3v) is 7.02. The monoisotopic (exact) mass is 383 g/mol. The SMILES string of the molecule is CCN1CC2(CCN(C(=O)c3ccc(CC4CCCNC4)cc3)CC2)CC1=O. The number of carbonyl (C=O) groups excluding carboxylic acids is 2. The molecule has 1 N–H and O–H groups in total. The van der Waals surface area contributed by atoms with Gasteiger partial charge in [-0.25, -0.2) is 0 Å². The zero-order valence-corrected chi connectivity index (χ0v) is 17.1. The van der Waals surface area contributed by atoms with Crippen molar-refractivity contribution in [3.05, 3.63) is 35.4 Å². The van der Waals surface area contributed by atoms with Gasteiger partial charge in [-0.15, -0.1) is 0 Å². The molecule has 28 heavy (non-hydrogen) atoms. The first-order valence-corrected chi connectivity index (χ1v) is 11.0. The van der Waals surface area contributed by atoms with Crippen molar-refractivity contribution in [2.45, 2.75) is 45.4 Å². The van der Waals surface area contributed by atoms with Crippen molar-refractivity contribution >= 4 is 11.8 Å². The van der Waals surface area contributed by atoms with Crippen molar-refractivity contribution in [2.24, 2.45) is 11.3 Å². The number of benzene rings is 1. The predicted octanol–water partition coefficient (Wildman–Crippen LogP) is 2.70. The molecule has 0 aliphatic carbocycles. The minimum absolute atomic E-state index is 0.0990. The Morgan fingerprint density at radius 1 is 1.21 bits per heavy atom. The van der Waals surface area contributed by atoms with Crippen LogP contribution in [0.25, 0.3) is 0 Å². The quantitative estimate of drug-likeness (QED) is 0.870.